The Morgan fingerprint density at radius 1 is 1.64 bits per heavy atom. The fourth-order valence-electron chi connectivity index (χ4n) is 1.13. The number of nitrogens with zero attached hydrogens (tertiary/aromatic N) is 2. The van der Waals surface area contributed by atoms with Crippen molar-refractivity contribution in [3.63, 3.8) is 0 Å². The molecule has 0 bridgehead atoms. The van der Waals surface area contributed by atoms with Gasteiger partial charge in [-0.3, -0.25) is 15.1 Å². The fourth-order valence-corrected chi connectivity index (χ4v) is 1.13. The summed E-state index contributed by atoms with van der Waals surface area (Å²) in [5, 5.41) is 7.48. The highest BCUT2D eigenvalue weighted by molar-refractivity contribution is 6.02. The summed E-state index contributed by atoms with van der Waals surface area (Å²) in [6, 6.07) is 0. The van der Waals surface area contributed by atoms with E-state index >= 15 is 0 Å². The zero-order chi connectivity index (χ0) is 8.43. The normalized spacial score (nSPS) is 18.4. The maximum Gasteiger partial charge on any atom is 0.248 e. The van der Waals surface area contributed by atoms with Gasteiger partial charge >= 0.3 is 0 Å². The third kappa shape index (κ3) is 1.34. The fraction of sp³-hybridized carbons (Fsp3) is 0.714. The minimum Gasteiger partial charge on any atom is -0.333 e. The zero-order valence-corrected chi connectivity index (χ0v) is 6.92. The van der Waals surface area contributed by atoms with E-state index in [-0.39, 0.29) is 5.91 Å². The van der Waals surface area contributed by atoms with Gasteiger partial charge in [0.25, 0.3) is 0 Å². The first-order chi connectivity index (χ1) is 5.16. The molecule has 0 aromatic rings. The molecule has 0 radical (unpaired) electrons. The quantitative estimate of drug-likeness (QED) is 0.615. The first-order valence-electron chi connectivity index (χ1n) is 3.77. The summed E-state index contributed by atoms with van der Waals surface area (Å²) in [6.07, 6.45) is 0.976. The van der Waals surface area contributed by atoms with E-state index in [1.165, 1.54) is 4.90 Å². The summed E-state index contributed by atoms with van der Waals surface area (Å²) in [5.41, 5.74) is 0. The molecule has 1 amide bonds. The summed E-state index contributed by atoms with van der Waals surface area (Å²) >= 11 is 0. The SMILES string of the molecule is CCCN1CC(=O)N(C)C1=N. The van der Waals surface area contributed by atoms with Crippen molar-refractivity contribution >= 4 is 11.9 Å². The number of hydrogen-bond donors (Lipinski definition) is 1. The number of carbonyl (C=O) groups is 1. The lowest BCUT2D eigenvalue weighted by Gasteiger charge is -2.15. The Morgan fingerprint density at radius 2 is 2.27 bits per heavy atom. The molecule has 1 fully saturated rings. The van der Waals surface area contributed by atoms with Crippen molar-refractivity contribution in [1.29, 1.82) is 5.41 Å². The summed E-state index contributed by atoms with van der Waals surface area (Å²) in [4.78, 5) is 14.2. The molecule has 1 N–H and O–H groups in total. The van der Waals surface area contributed by atoms with Gasteiger partial charge in [-0.1, -0.05) is 6.92 Å². The minimum absolute atomic E-state index is 0.0171. The minimum atomic E-state index is 0.0171. The smallest absolute Gasteiger partial charge is 0.248 e. The predicted octanol–water partition coefficient (Wildman–Crippen LogP) is 0.105. The van der Waals surface area contributed by atoms with Gasteiger partial charge in [0.15, 0.2) is 0 Å². The van der Waals surface area contributed by atoms with Crippen LogP contribution in [0, 0.1) is 5.41 Å². The van der Waals surface area contributed by atoms with Crippen LogP contribution in [0.25, 0.3) is 0 Å². The first kappa shape index (κ1) is 8.04. The molecule has 0 spiro atoms. The molecule has 11 heavy (non-hydrogen) atoms. The van der Waals surface area contributed by atoms with E-state index in [1.807, 2.05) is 6.92 Å². The topological polar surface area (TPSA) is 47.4 Å². The maximum atomic E-state index is 11.0. The number of hydrogen-bond acceptors (Lipinski definition) is 2. The molecule has 1 aliphatic rings. The van der Waals surface area contributed by atoms with Gasteiger partial charge in [-0.15, -0.1) is 0 Å². The van der Waals surface area contributed by atoms with E-state index in [4.69, 9.17) is 5.41 Å². The average Bonchev–Trinajstić information content (AvgIpc) is 2.19. The van der Waals surface area contributed by atoms with Crippen LogP contribution < -0.4 is 0 Å². The van der Waals surface area contributed by atoms with Gasteiger partial charge < -0.3 is 4.90 Å². The second kappa shape index (κ2) is 2.90. The van der Waals surface area contributed by atoms with Crippen LogP contribution in [0.1, 0.15) is 13.3 Å². The highest BCUT2D eigenvalue weighted by Crippen LogP contribution is 2.06. The molecule has 1 aliphatic heterocycles. The Bertz CT molecular complexity index is 190. The molecule has 4 heteroatoms. The standard InChI is InChI=1S/C7H13N3O/c1-3-4-10-5-6(11)9(2)7(10)8/h8H,3-5H2,1-2H3. The summed E-state index contributed by atoms with van der Waals surface area (Å²) < 4.78 is 0. The third-order valence-electron chi connectivity index (χ3n) is 1.81. The van der Waals surface area contributed by atoms with E-state index in [1.54, 1.807) is 11.9 Å². The maximum absolute atomic E-state index is 11.0. The molecule has 1 heterocycles. The molecule has 0 aromatic heterocycles. The number of amides is 1. The molecule has 0 aliphatic carbocycles. The Labute approximate surface area is 66.3 Å². The molecule has 0 aromatic carbocycles. The molecular formula is C7H13N3O. The van der Waals surface area contributed by atoms with Crippen LogP contribution in [0.5, 0.6) is 0 Å². The summed E-state index contributed by atoms with van der Waals surface area (Å²) in [7, 11) is 1.64. The summed E-state index contributed by atoms with van der Waals surface area (Å²) in [6.45, 7) is 3.22. The van der Waals surface area contributed by atoms with Crippen molar-refractivity contribution in [2.24, 2.45) is 0 Å². The Balaban J connectivity index is 2.60. The second-order valence-corrected chi connectivity index (χ2v) is 2.70. The Hall–Kier alpha value is -1.06. The van der Waals surface area contributed by atoms with Gasteiger partial charge in [0, 0.05) is 13.6 Å². The van der Waals surface area contributed by atoms with Crippen LogP contribution in [0.3, 0.4) is 0 Å². The van der Waals surface area contributed by atoms with Crippen LogP contribution >= 0.6 is 0 Å². The largest absolute Gasteiger partial charge is 0.333 e. The molecule has 1 rings (SSSR count). The van der Waals surface area contributed by atoms with E-state index < -0.39 is 0 Å². The molecule has 62 valence electrons. The van der Waals surface area contributed by atoms with Gasteiger partial charge in [0.05, 0.1) is 0 Å². The van der Waals surface area contributed by atoms with E-state index in [9.17, 15) is 4.79 Å². The Kier molecular flexibility index (Phi) is 2.12. The van der Waals surface area contributed by atoms with Crippen molar-refractivity contribution < 1.29 is 4.79 Å². The van der Waals surface area contributed by atoms with Crippen molar-refractivity contribution in [3.8, 4) is 0 Å². The molecular weight excluding hydrogens is 142 g/mol. The summed E-state index contributed by atoms with van der Waals surface area (Å²) in [5.74, 6) is 0.348. The highest BCUT2D eigenvalue weighted by Gasteiger charge is 2.28. The third-order valence-corrected chi connectivity index (χ3v) is 1.81. The van der Waals surface area contributed by atoms with Crippen LogP contribution in [0.15, 0.2) is 0 Å². The number of nitrogens with one attached hydrogen (secondary N) is 1. The van der Waals surface area contributed by atoms with Gasteiger partial charge in [-0.25, -0.2) is 0 Å². The van der Waals surface area contributed by atoms with E-state index in [2.05, 4.69) is 0 Å². The van der Waals surface area contributed by atoms with Crippen molar-refractivity contribution in [2.75, 3.05) is 20.1 Å². The molecule has 4 nitrogen and oxygen atoms in total. The monoisotopic (exact) mass is 155 g/mol. The van der Waals surface area contributed by atoms with Gasteiger partial charge in [0.2, 0.25) is 11.9 Å². The lowest BCUT2D eigenvalue weighted by atomic mass is 10.4. The van der Waals surface area contributed by atoms with Crippen LogP contribution in [0.2, 0.25) is 0 Å². The van der Waals surface area contributed by atoms with Crippen molar-refractivity contribution in [2.45, 2.75) is 13.3 Å². The predicted molar refractivity (Wildman–Crippen MR) is 42.4 cm³/mol. The van der Waals surface area contributed by atoms with Crippen LogP contribution in [0.4, 0.5) is 0 Å². The first-order valence-corrected chi connectivity index (χ1v) is 3.77. The van der Waals surface area contributed by atoms with Crippen LogP contribution in [-0.4, -0.2) is 41.8 Å². The van der Waals surface area contributed by atoms with E-state index in [0.717, 1.165) is 13.0 Å². The van der Waals surface area contributed by atoms with Gasteiger partial charge in [-0.05, 0) is 6.42 Å². The lowest BCUT2D eigenvalue weighted by molar-refractivity contribution is -0.124. The van der Waals surface area contributed by atoms with E-state index in [0.29, 0.717) is 12.5 Å². The number of guanidine groups is 1. The van der Waals surface area contributed by atoms with Crippen molar-refractivity contribution in [3.05, 3.63) is 0 Å². The Morgan fingerprint density at radius 3 is 2.64 bits per heavy atom. The highest BCUT2D eigenvalue weighted by atomic mass is 16.2. The molecule has 0 unspecified atom stereocenters. The molecule has 1 saturated heterocycles. The zero-order valence-electron chi connectivity index (χ0n) is 6.92. The number of likely N-dealkylation sites (N-methyl/N-ethyl adjacent to an activating group) is 1. The van der Waals surface area contributed by atoms with Gasteiger partial charge in [-0.2, -0.15) is 0 Å². The van der Waals surface area contributed by atoms with Crippen LogP contribution in [-0.2, 0) is 4.79 Å². The average molecular weight is 155 g/mol. The lowest BCUT2D eigenvalue weighted by Crippen LogP contribution is -2.31. The molecule has 0 atom stereocenters. The second-order valence-electron chi connectivity index (χ2n) is 2.70. The number of rotatable bonds is 2. The number of carbonyl (C=O) groups excluding carboxylic acids is 1. The van der Waals surface area contributed by atoms with Gasteiger partial charge in [0.1, 0.15) is 6.54 Å². The molecule has 0 saturated carbocycles. The van der Waals surface area contributed by atoms with Crippen molar-refractivity contribution in [1.82, 2.24) is 9.80 Å².